The molecule has 4 aromatic rings. The Labute approximate surface area is 218 Å². The quantitative estimate of drug-likeness (QED) is 0.332. The van der Waals surface area contributed by atoms with Crippen LogP contribution in [0.25, 0.3) is 16.9 Å². The Morgan fingerprint density at radius 3 is 2.16 bits per heavy atom. The van der Waals surface area contributed by atoms with Crippen LogP contribution in [0.1, 0.15) is 10.4 Å². The molecule has 0 spiro atoms. The van der Waals surface area contributed by atoms with Crippen LogP contribution in [0.2, 0.25) is 0 Å². The smallest absolute Gasteiger partial charge is 0.254 e. The molecule has 0 radical (unpaired) electrons. The summed E-state index contributed by atoms with van der Waals surface area (Å²) < 4.78 is 38.8. The van der Waals surface area contributed by atoms with Gasteiger partial charge in [-0.2, -0.15) is 0 Å². The van der Waals surface area contributed by atoms with Gasteiger partial charge >= 0.3 is 0 Å². The van der Waals surface area contributed by atoms with E-state index in [-0.39, 0.29) is 31.2 Å². The average molecular weight is 521 g/mol. The predicted molar refractivity (Wildman–Crippen MR) is 138 cm³/mol. The minimum atomic E-state index is -0.508. The first-order valence-electron chi connectivity index (χ1n) is 11.7. The van der Waals surface area contributed by atoms with Gasteiger partial charge in [0.25, 0.3) is 5.91 Å². The van der Waals surface area contributed by atoms with Crippen molar-refractivity contribution in [2.24, 2.45) is 0 Å². The molecule has 1 aromatic heterocycles. The van der Waals surface area contributed by atoms with Gasteiger partial charge in [0.05, 0.1) is 19.4 Å². The minimum absolute atomic E-state index is 0.142. The molecule has 1 N–H and O–H groups in total. The molecule has 0 bridgehead atoms. The van der Waals surface area contributed by atoms with Gasteiger partial charge in [-0.05, 0) is 72.8 Å². The molecule has 0 saturated carbocycles. The Balaban J connectivity index is 1.60. The van der Waals surface area contributed by atoms with Crippen molar-refractivity contribution < 1.29 is 27.8 Å². The van der Waals surface area contributed by atoms with Gasteiger partial charge in [0.1, 0.15) is 23.9 Å². The molecule has 0 aliphatic rings. The van der Waals surface area contributed by atoms with Crippen molar-refractivity contribution in [2.75, 3.05) is 39.2 Å². The van der Waals surface area contributed by atoms with Crippen molar-refractivity contribution in [3.8, 4) is 22.7 Å². The Morgan fingerprint density at radius 1 is 0.921 bits per heavy atom. The number of amides is 2. The summed E-state index contributed by atoms with van der Waals surface area (Å²) in [5, 5.41) is 2.76. The van der Waals surface area contributed by atoms with Crippen molar-refractivity contribution in [1.82, 2.24) is 14.5 Å². The van der Waals surface area contributed by atoms with Gasteiger partial charge in [-0.25, -0.2) is 13.8 Å². The topological polar surface area (TPSA) is 85.7 Å². The number of aromatic nitrogens is 2. The Morgan fingerprint density at radius 2 is 1.55 bits per heavy atom. The maximum Gasteiger partial charge on any atom is 0.254 e. The third kappa shape index (κ3) is 6.40. The van der Waals surface area contributed by atoms with E-state index in [0.29, 0.717) is 17.1 Å². The van der Waals surface area contributed by atoms with E-state index in [4.69, 9.17) is 9.47 Å². The molecule has 10 heteroatoms. The van der Waals surface area contributed by atoms with Gasteiger partial charge in [-0.3, -0.25) is 19.5 Å². The van der Waals surface area contributed by atoms with Crippen LogP contribution in [-0.4, -0.2) is 60.2 Å². The van der Waals surface area contributed by atoms with Crippen LogP contribution in [0.4, 0.5) is 14.7 Å². The second-order valence-corrected chi connectivity index (χ2v) is 8.30. The second kappa shape index (κ2) is 12.1. The van der Waals surface area contributed by atoms with E-state index in [1.165, 1.54) is 48.4 Å². The molecule has 0 aliphatic carbocycles. The number of carbonyl (C=O) groups is 2. The summed E-state index contributed by atoms with van der Waals surface area (Å²) in [7, 11) is 3.06. The average Bonchev–Trinajstić information content (AvgIpc) is 3.35. The molecule has 4 rings (SSSR count). The lowest BCUT2D eigenvalue weighted by atomic mass is 10.1. The molecule has 0 aliphatic heterocycles. The molecule has 8 nitrogen and oxygen atoms in total. The number of benzene rings is 3. The van der Waals surface area contributed by atoms with Gasteiger partial charge < -0.3 is 14.4 Å². The van der Waals surface area contributed by atoms with E-state index >= 15 is 0 Å². The third-order valence-electron chi connectivity index (χ3n) is 5.73. The van der Waals surface area contributed by atoms with E-state index in [1.54, 1.807) is 42.1 Å². The van der Waals surface area contributed by atoms with Gasteiger partial charge in [-0.15, -0.1) is 0 Å². The summed E-state index contributed by atoms with van der Waals surface area (Å²) in [6.45, 7) is 0.0450. The number of rotatable bonds is 10. The molecule has 0 atom stereocenters. The number of hydrogen-bond acceptors (Lipinski definition) is 5. The van der Waals surface area contributed by atoms with Crippen molar-refractivity contribution in [1.29, 1.82) is 0 Å². The highest BCUT2D eigenvalue weighted by atomic mass is 19.1. The van der Waals surface area contributed by atoms with Crippen LogP contribution in [0.5, 0.6) is 5.75 Å². The van der Waals surface area contributed by atoms with Crippen LogP contribution in [-0.2, 0) is 9.53 Å². The summed E-state index contributed by atoms with van der Waals surface area (Å²) in [6.07, 6.45) is 1.72. The Kier molecular flexibility index (Phi) is 8.44. The summed E-state index contributed by atoms with van der Waals surface area (Å²) in [4.78, 5) is 32.0. The largest absolute Gasteiger partial charge is 0.497 e. The maximum atomic E-state index is 13.6. The van der Waals surface area contributed by atoms with E-state index in [9.17, 15) is 18.4 Å². The lowest BCUT2D eigenvalue weighted by molar-refractivity contribution is -0.117. The van der Waals surface area contributed by atoms with Crippen molar-refractivity contribution in [3.05, 3.63) is 96.2 Å². The molecular weight excluding hydrogens is 494 g/mol. The van der Waals surface area contributed by atoms with Crippen LogP contribution in [0.3, 0.4) is 0 Å². The van der Waals surface area contributed by atoms with E-state index in [1.807, 2.05) is 12.1 Å². The van der Waals surface area contributed by atoms with E-state index in [0.717, 1.165) is 5.56 Å². The number of imidazole rings is 1. The lowest BCUT2D eigenvalue weighted by Gasteiger charge is -2.22. The Bertz CT molecular complexity index is 1390. The number of carbonyl (C=O) groups excluding carboxylic acids is 2. The summed E-state index contributed by atoms with van der Waals surface area (Å²) in [6, 6.07) is 18.1. The predicted octanol–water partition coefficient (Wildman–Crippen LogP) is 4.55. The number of halogens is 2. The number of nitrogens with one attached hydrogen (secondary N) is 1. The Hall–Kier alpha value is -4.57. The fraction of sp³-hybridized carbons (Fsp3) is 0.179. The van der Waals surface area contributed by atoms with Gasteiger partial charge in [0.2, 0.25) is 11.9 Å². The van der Waals surface area contributed by atoms with Gasteiger partial charge in [-0.1, -0.05) is 0 Å². The summed E-state index contributed by atoms with van der Waals surface area (Å²) in [5.74, 6) is -0.952. The number of methoxy groups -OCH3 is 2. The van der Waals surface area contributed by atoms with Gasteiger partial charge in [0, 0.05) is 36.7 Å². The minimum Gasteiger partial charge on any atom is -0.497 e. The molecule has 0 saturated heterocycles. The maximum absolute atomic E-state index is 13.6. The normalized spacial score (nSPS) is 10.7. The van der Waals surface area contributed by atoms with E-state index < -0.39 is 23.4 Å². The zero-order chi connectivity index (χ0) is 27.1. The standard InChI is InChI=1S/C28H26F2N4O4/c1-37-16-15-33(27(36)20-3-7-21(29)8-4-20)18-26(35)32-28-31-25(19-5-13-24(38-2)14-6-19)17-34(28)23-11-9-22(30)10-12-23/h3-14,17H,15-16,18H2,1-2H3,(H,31,32,35). The van der Waals surface area contributed by atoms with E-state index in [2.05, 4.69) is 10.3 Å². The van der Waals surface area contributed by atoms with Crippen molar-refractivity contribution >= 4 is 17.8 Å². The lowest BCUT2D eigenvalue weighted by Crippen LogP contribution is -2.40. The zero-order valence-corrected chi connectivity index (χ0v) is 20.9. The summed E-state index contributed by atoms with van der Waals surface area (Å²) >= 11 is 0. The molecule has 2 amide bonds. The monoisotopic (exact) mass is 520 g/mol. The van der Waals surface area contributed by atoms with Crippen LogP contribution in [0.15, 0.2) is 79.0 Å². The highest BCUT2D eigenvalue weighted by Gasteiger charge is 2.21. The highest BCUT2D eigenvalue weighted by Crippen LogP contribution is 2.26. The number of anilines is 1. The number of ether oxygens (including phenoxy) is 2. The molecule has 1 heterocycles. The van der Waals surface area contributed by atoms with Crippen LogP contribution >= 0.6 is 0 Å². The number of hydrogen-bond donors (Lipinski definition) is 1. The molecule has 38 heavy (non-hydrogen) atoms. The molecule has 0 fully saturated rings. The first-order chi connectivity index (χ1) is 18.4. The molecule has 196 valence electrons. The fourth-order valence-electron chi connectivity index (χ4n) is 3.73. The molecule has 3 aromatic carbocycles. The first kappa shape index (κ1) is 26.5. The van der Waals surface area contributed by atoms with Crippen molar-refractivity contribution in [2.45, 2.75) is 0 Å². The zero-order valence-electron chi connectivity index (χ0n) is 20.9. The summed E-state index contributed by atoms with van der Waals surface area (Å²) in [5.41, 5.74) is 2.15. The SMILES string of the molecule is COCCN(CC(=O)Nc1nc(-c2ccc(OC)cc2)cn1-c1ccc(F)cc1)C(=O)c1ccc(F)cc1. The second-order valence-electron chi connectivity index (χ2n) is 8.30. The first-order valence-corrected chi connectivity index (χ1v) is 11.7. The van der Waals surface area contributed by atoms with Crippen molar-refractivity contribution in [3.63, 3.8) is 0 Å². The third-order valence-corrected chi connectivity index (χ3v) is 5.73. The molecule has 0 unspecified atom stereocenters. The fourth-order valence-corrected chi connectivity index (χ4v) is 3.73. The van der Waals surface area contributed by atoms with Gasteiger partial charge in [0.15, 0.2) is 0 Å². The van der Waals surface area contributed by atoms with Crippen LogP contribution in [0, 0.1) is 11.6 Å². The number of nitrogens with zero attached hydrogens (tertiary/aromatic N) is 3. The highest BCUT2D eigenvalue weighted by molar-refractivity contribution is 5.99. The molecular formula is C28H26F2N4O4. The van der Waals surface area contributed by atoms with Crippen LogP contribution < -0.4 is 10.1 Å².